The second kappa shape index (κ2) is 13.5. The monoisotopic (exact) mass is 559 g/mol. The van der Waals surface area contributed by atoms with Crippen LogP contribution in [0.2, 0.25) is 0 Å². The van der Waals surface area contributed by atoms with Gasteiger partial charge in [-0.25, -0.2) is 0 Å². The van der Waals surface area contributed by atoms with Crippen molar-refractivity contribution in [1.82, 2.24) is 5.32 Å². The van der Waals surface area contributed by atoms with Crippen molar-refractivity contribution >= 4 is 5.91 Å². The highest BCUT2D eigenvalue weighted by molar-refractivity contribution is 5.73. The van der Waals surface area contributed by atoms with Gasteiger partial charge in [0, 0.05) is 14.0 Å². The number of carbonyl (C=O) groups excluding carboxylic acids is 1. The molecule has 0 bridgehead atoms. The lowest BCUT2D eigenvalue weighted by Gasteiger charge is -2.45. The largest absolute Gasteiger partial charge is 0.394 e. The molecule has 3 rings (SSSR count). The van der Waals surface area contributed by atoms with E-state index in [1.807, 2.05) is 0 Å². The molecule has 0 radical (unpaired) electrons. The first kappa shape index (κ1) is 31.4. The Morgan fingerprint density at radius 1 is 0.816 bits per heavy atom. The molecular formula is C21H37NO16. The van der Waals surface area contributed by atoms with Crippen molar-refractivity contribution in [2.45, 2.75) is 99.0 Å². The van der Waals surface area contributed by atoms with Crippen LogP contribution in [-0.2, 0) is 33.2 Å². The summed E-state index contributed by atoms with van der Waals surface area (Å²) in [5.41, 5.74) is 0. The van der Waals surface area contributed by atoms with Crippen LogP contribution in [0, 0.1) is 0 Å². The van der Waals surface area contributed by atoms with E-state index in [4.69, 9.17) is 28.4 Å². The number of amides is 1. The van der Waals surface area contributed by atoms with Gasteiger partial charge in [-0.3, -0.25) is 4.79 Å². The number of rotatable bonds is 10. The van der Waals surface area contributed by atoms with Crippen LogP contribution in [0.1, 0.15) is 6.92 Å². The molecule has 38 heavy (non-hydrogen) atoms. The Morgan fingerprint density at radius 2 is 1.42 bits per heavy atom. The third-order valence-corrected chi connectivity index (χ3v) is 6.72. The van der Waals surface area contributed by atoms with Crippen molar-refractivity contribution in [3.05, 3.63) is 0 Å². The molecule has 17 nitrogen and oxygen atoms in total. The third kappa shape index (κ3) is 6.43. The summed E-state index contributed by atoms with van der Waals surface area (Å²) in [5.74, 6) is -0.563. The van der Waals surface area contributed by atoms with Crippen LogP contribution >= 0.6 is 0 Å². The minimum Gasteiger partial charge on any atom is -0.394 e. The van der Waals surface area contributed by atoms with Gasteiger partial charge in [0.15, 0.2) is 18.9 Å². The number of carbonyl (C=O) groups is 1. The van der Waals surface area contributed by atoms with Gasteiger partial charge in [0.05, 0.1) is 19.8 Å². The van der Waals surface area contributed by atoms with E-state index in [1.54, 1.807) is 0 Å². The first-order valence-electron chi connectivity index (χ1n) is 12.0. The van der Waals surface area contributed by atoms with E-state index >= 15 is 0 Å². The van der Waals surface area contributed by atoms with Gasteiger partial charge in [0.2, 0.25) is 5.91 Å². The Kier molecular flexibility index (Phi) is 11.1. The molecule has 3 fully saturated rings. The molecule has 3 heterocycles. The summed E-state index contributed by atoms with van der Waals surface area (Å²) in [7, 11) is 1.24. The molecule has 0 unspecified atom stereocenters. The highest BCUT2D eigenvalue weighted by Gasteiger charge is 2.55. The minimum absolute atomic E-state index is 0.563. The van der Waals surface area contributed by atoms with E-state index in [0.29, 0.717) is 0 Å². The first-order valence-corrected chi connectivity index (χ1v) is 12.0. The average molecular weight is 560 g/mol. The van der Waals surface area contributed by atoms with Crippen LogP contribution in [0.25, 0.3) is 0 Å². The molecule has 3 aliphatic heterocycles. The normalized spacial score (nSPS) is 46.6. The first-order chi connectivity index (χ1) is 18.0. The topological polar surface area (TPSA) is 267 Å². The summed E-state index contributed by atoms with van der Waals surface area (Å²) in [6, 6.07) is -1.19. The van der Waals surface area contributed by atoms with Crippen LogP contribution in [-0.4, -0.2) is 171 Å². The van der Waals surface area contributed by atoms with Gasteiger partial charge in [-0.05, 0) is 0 Å². The van der Waals surface area contributed by atoms with Gasteiger partial charge >= 0.3 is 0 Å². The molecule has 17 heteroatoms. The van der Waals surface area contributed by atoms with E-state index < -0.39 is 118 Å². The number of aliphatic hydroxyl groups excluding tert-OH is 9. The van der Waals surface area contributed by atoms with Crippen molar-refractivity contribution in [3.63, 3.8) is 0 Å². The molecule has 3 aliphatic rings. The molecule has 15 atom stereocenters. The average Bonchev–Trinajstić information content (AvgIpc) is 3.19. The predicted molar refractivity (Wildman–Crippen MR) is 118 cm³/mol. The number of nitrogens with one attached hydrogen (secondary N) is 1. The lowest BCUT2D eigenvalue weighted by Crippen LogP contribution is -2.66. The zero-order valence-corrected chi connectivity index (χ0v) is 20.7. The molecule has 1 amide bonds. The van der Waals surface area contributed by atoms with Crippen molar-refractivity contribution < 1.29 is 79.2 Å². The van der Waals surface area contributed by atoms with Crippen LogP contribution in [0.3, 0.4) is 0 Å². The molecule has 0 aromatic heterocycles. The fourth-order valence-electron chi connectivity index (χ4n) is 4.72. The summed E-state index contributed by atoms with van der Waals surface area (Å²) in [6.45, 7) is -1.06. The maximum absolute atomic E-state index is 11.9. The van der Waals surface area contributed by atoms with Crippen molar-refractivity contribution in [3.8, 4) is 0 Å². The Hall–Kier alpha value is -1.13. The highest BCUT2D eigenvalue weighted by atomic mass is 16.8. The lowest BCUT2D eigenvalue weighted by molar-refractivity contribution is -0.342. The van der Waals surface area contributed by atoms with Crippen LogP contribution < -0.4 is 5.32 Å². The number of hydrogen-bond acceptors (Lipinski definition) is 16. The molecule has 0 aliphatic carbocycles. The number of hydrogen-bond donors (Lipinski definition) is 10. The SMILES string of the molecule is CO[C@H]1[C@H](O)[C@@H](CO)O[C@H](O[C@H]2[C@@H](O[C@@H]3[C@@H](O)[C@@H](O)[C@@H](CO)O[C@@H]3O)O[C@@H]([C@H](O)CO)[C@@H]2O)[C@@H]1NC(C)=O. The minimum atomic E-state index is -1.88. The Labute approximate surface area is 217 Å². The van der Waals surface area contributed by atoms with Gasteiger partial charge in [-0.15, -0.1) is 0 Å². The number of ether oxygens (including phenoxy) is 6. The molecule has 3 saturated heterocycles. The molecule has 222 valence electrons. The maximum Gasteiger partial charge on any atom is 0.217 e. The van der Waals surface area contributed by atoms with Crippen molar-refractivity contribution in [2.24, 2.45) is 0 Å². The van der Waals surface area contributed by atoms with Gasteiger partial charge in [-0.1, -0.05) is 0 Å². The van der Waals surface area contributed by atoms with Gasteiger partial charge < -0.3 is 79.7 Å². The molecule has 0 aromatic carbocycles. The van der Waals surface area contributed by atoms with E-state index in [9.17, 15) is 50.8 Å². The highest BCUT2D eigenvalue weighted by Crippen LogP contribution is 2.34. The smallest absolute Gasteiger partial charge is 0.217 e. The maximum atomic E-state index is 11.9. The molecule has 0 spiro atoms. The molecule has 0 aromatic rings. The van der Waals surface area contributed by atoms with E-state index in [0.717, 1.165) is 0 Å². The van der Waals surface area contributed by atoms with E-state index in [2.05, 4.69) is 5.32 Å². The second-order valence-electron chi connectivity index (χ2n) is 9.28. The van der Waals surface area contributed by atoms with Crippen LogP contribution in [0.4, 0.5) is 0 Å². The third-order valence-electron chi connectivity index (χ3n) is 6.72. The van der Waals surface area contributed by atoms with Crippen molar-refractivity contribution in [2.75, 3.05) is 26.9 Å². The Morgan fingerprint density at radius 3 is 1.97 bits per heavy atom. The van der Waals surface area contributed by atoms with Crippen LogP contribution in [0.15, 0.2) is 0 Å². The Balaban J connectivity index is 1.88. The summed E-state index contributed by atoms with van der Waals surface area (Å²) in [5, 5.41) is 93.3. The van der Waals surface area contributed by atoms with E-state index in [-0.39, 0.29) is 0 Å². The van der Waals surface area contributed by atoms with E-state index in [1.165, 1.54) is 14.0 Å². The summed E-state index contributed by atoms with van der Waals surface area (Å²) >= 11 is 0. The molecule has 10 N–H and O–H groups in total. The van der Waals surface area contributed by atoms with Crippen LogP contribution in [0.5, 0.6) is 0 Å². The second-order valence-corrected chi connectivity index (χ2v) is 9.28. The number of aliphatic hydroxyl groups is 9. The molecular weight excluding hydrogens is 522 g/mol. The summed E-state index contributed by atoms with van der Waals surface area (Å²) in [4.78, 5) is 11.9. The summed E-state index contributed by atoms with van der Waals surface area (Å²) in [6.07, 6.45) is -21.8. The Bertz CT molecular complexity index is 763. The van der Waals surface area contributed by atoms with Gasteiger partial charge in [-0.2, -0.15) is 0 Å². The summed E-state index contributed by atoms with van der Waals surface area (Å²) < 4.78 is 32.9. The fraction of sp³-hybridized carbons (Fsp3) is 0.952. The van der Waals surface area contributed by atoms with Crippen molar-refractivity contribution in [1.29, 1.82) is 0 Å². The van der Waals surface area contributed by atoms with Gasteiger partial charge in [0.1, 0.15) is 73.2 Å². The predicted octanol–water partition coefficient (Wildman–Crippen LogP) is -6.78. The standard InChI is InChI=1S/C21H37NO16/c1-6(26)22-10-16(33-2)12(29)9(5-25)35-20(10)38-18-14(31)15(7(27)3-23)36-21(18)37-17-13(30)11(28)8(4-24)34-19(17)32/h7-21,23-25,27-32H,3-5H2,1-2H3,(H,22,26)/t7-,8-,9-,10-,11+,12-,13+,14+,15+,16-,17-,18-,19+,20-,21-/m1/s1. The number of methoxy groups -OCH3 is 1. The lowest BCUT2D eigenvalue weighted by atomic mass is 9.96. The van der Waals surface area contributed by atoms with Gasteiger partial charge in [0.25, 0.3) is 0 Å². The fourth-order valence-corrected chi connectivity index (χ4v) is 4.72. The zero-order valence-electron chi connectivity index (χ0n) is 20.7. The zero-order chi connectivity index (χ0) is 28.3. The molecule has 0 saturated carbocycles. The quantitative estimate of drug-likeness (QED) is 0.119.